The number of nitro groups is 2. The van der Waals surface area contributed by atoms with Crippen molar-refractivity contribution in [2.45, 2.75) is 6.42 Å². The Balaban J connectivity index is 1.53. The van der Waals surface area contributed by atoms with Crippen molar-refractivity contribution in [2.75, 3.05) is 26.4 Å². The van der Waals surface area contributed by atoms with Crippen molar-refractivity contribution >= 4 is 35.6 Å². The molecule has 0 aromatic heterocycles. The van der Waals surface area contributed by atoms with Crippen LogP contribution in [-0.2, 0) is 28.5 Å². The predicted molar refractivity (Wildman–Crippen MR) is 117 cm³/mol. The molecule has 0 fully saturated rings. The van der Waals surface area contributed by atoms with Crippen molar-refractivity contribution in [3.05, 3.63) is 68.8 Å². The lowest BCUT2D eigenvalue weighted by Crippen LogP contribution is -2.20. The highest BCUT2D eigenvalue weighted by molar-refractivity contribution is 5.91. The van der Waals surface area contributed by atoms with E-state index in [0.717, 1.165) is 24.3 Å². The van der Waals surface area contributed by atoms with E-state index in [0.29, 0.717) is 0 Å². The van der Waals surface area contributed by atoms with Crippen molar-refractivity contribution in [1.82, 2.24) is 0 Å². The summed E-state index contributed by atoms with van der Waals surface area (Å²) < 4.78 is 28.3. The van der Waals surface area contributed by atoms with Gasteiger partial charge in [-0.05, 0) is 24.3 Å². The lowest BCUT2D eigenvalue weighted by atomic mass is 10.3. The number of carbonyl (C=O) groups excluding carboxylic acids is 4. The lowest BCUT2D eigenvalue weighted by Gasteiger charge is -2.08. The van der Waals surface area contributed by atoms with Gasteiger partial charge in [-0.2, -0.15) is 0 Å². The number of ether oxygens (including phenoxy) is 6. The number of hydrogen-bond donors (Lipinski definition) is 0. The maximum absolute atomic E-state index is 11.6. The first-order chi connectivity index (χ1) is 17.6. The maximum Gasteiger partial charge on any atom is 0.513 e. The minimum Gasteiger partial charge on any atom is -0.462 e. The molecule has 2 aromatic rings. The number of nitro benzene ring substituents is 2. The van der Waals surface area contributed by atoms with Gasteiger partial charge in [0.25, 0.3) is 11.4 Å². The van der Waals surface area contributed by atoms with E-state index in [-0.39, 0.29) is 36.1 Å². The van der Waals surface area contributed by atoms with Crippen LogP contribution >= 0.6 is 0 Å². The number of rotatable bonds is 12. The fourth-order valence-electron chi connectivity index (χ4n) is 2.30. The first-order valence-corrected chi connectivity index (χ1v) is 10.1. The molecule has 16 nitrogen and oxygen atoms in total. The van der Waals surface area contributed by atoms with E-state index in [1.807, 2.05) is 0 Å². The van der Waals surface area contributed by atoms with Crippen molar-refractivity contribution < 1.29 is 57.4 Å². The van der Waals surface area contributed by atoms with Gasteiger partial charge < -0.3 is 28.4 Å². The van der Waals surface area contributed by atoms with E-state index in [9.17, 15) is 39.4 Å². The van der Waals surface area contributed by atoms with Gasteiger partial charge >= 0.3 is 24.2 Å². The largest absolute Gasteiger partial charge is 0.513 e. The molecule has 0 aliphatic rings. The highest BCUT2D eigenvalue weighted by Crippen LogP contribution is 2.18. The van der Waals surface area contributed by atoms with Crippen LogP contribution in [0.2, 0.25) is 0 Å². The van der Waals surface area contributed by atoms with Crippen LogP contribution in [0.4, 0.5) is 21.0 Å². The Bertz CT molecular complexity index is 1040. The summed E-state index contributed by atoms with van der Waals surface area (Å²) in [6.07, 6.45) is -3.05. The molecule has 2 rings (SSSR count). The molecule has 0 saturated carbocycles. The van der Waals surface area contributed by atoms with Crippen LogP contribution in [0.25, 0.3) is 0 Å². The third-order valence-electron chi connectivity index (χ3n) is 3.92. The van der Waals surface area contributed by atoms with Crippen LogP contribution in [0.5, 0.6) is 11.5 Å². The van der Waals surface area contributed by atoms with Crippen LogP contribution in [0.15, 0.2) is 48.5 Å². The molecule has 0 atom stereocenters. The first kappa shape index (κ1) is 28.0. The zero-order chi connectivity index (χ0) is 27.2. The summed E-state index contributed by atoms with van der Waals surface area (Å²) in [7, 11) is 0. The van der Waals surface area contributed by atoms with Gasteiger partial charge in [-0.1, -0.05) is 0 Å². The van der Waals surface area contributed by atoms with E-state index >= 15 is 0 Å². The number of nitrogens with zero attached hydrogens (tertiary/aromatic N) is 2. The van der Waals surface area contributed by atoms with Gasteiger partial charge in [-0.25, -0.2) is 9.59 Å². The number of hydrogen-bond acceptors (Lipinski definition) is 14. The molecule has 0 aliphatic carbocycles. The van der Waals surface area contributed by atoms with E-state index in [1.54, 1.807) is 0 Å². The fraction of sp³-hybridized carbons (Fsp3) is 0.238. The number of carbonyl (C=O) groups is 4. The van der Waals surface area contributed by atoms with Crippen molar-refractivity contribution in [3.8, 4) is 11.5 Å². The van der Waals surface area contributed by atoms with E-state index in [4.69, 9.17) is 18.9 Å². The summed E-state index contributed by atoms with van der Waals surface area (Å²) in [5.41, 5.74) is -0.387. The summed E-state index contributed by atoms with van der Waals surface area (Å²) in [5, 5.41) is 21.1. The maximum atomic E-state index is 11.6. The summed E-state index contributed by atoms with van der Waals surface area (Å²) in [6, 6.07) is 9.28. The van der Waals surface area contributed by atoms with E-state index in [1.165, 1.54) is 24.3 Å². The highest BCUT2D eigenvalue weighted by Gasteiger charge is 2.14. The monoisotopic (exact) mass is 522 g/mol. The summed E-state index contributed by atoms with van der Waals surface area (Å²) >= 11 is 0. The number of esters is 2. The van der Waals surface area contributed by atoms with Gasteiger partial charge in [-0.3, -0.25) is 29.8 Å². The minimum absolute atomic E-state index is 0.000991. The molecule has 0 radical (unpaired) electrons. The fourth-order valence-corrected chi connectivity index (χ4v) is 2.30. The van der Waals surface area contributed by atoms with Crippen molar-refractivity contribution in [2.24, 2.45) is 0 Å². The van der Waals surface area contributed by atoms with Gasteiger partial charge in [0.2, 0.25) is 0 Å². The third kappa shape index (κ3) is 10.7. The molecule has 37 heavy (non-hydrogen) atoms. The molecule has 0 aliphatic heterocycles. The summed E-state index contributed by atoms with van der Waals surface area (Å²) in [4.78, 5) is 66.1. The molecule has 2 aromatic carbocycles. The Kier molecular flexibility index (Phi) is 10.7. The average Bonchev–Trinajstić information content (AvgIpc) is 2.85. The van der Waals surface area contributed by atoms with Gasteiger partial charge in [0, 0.05) is 24.3 Å². The molecular weight excluding hydrogens is 504 g/mol. The third-order valence-corrected chi connectivity index (χ3v) is 3.92. The Morgan fingerprint density at radius 3 is 1.22 bits per heavy atom. The van der Waals surface area contributed by atoms with E-state index in [2.05, 4.69) is 9.47 Å². The molecule has 196 valence electrons. The molecule has 0 heterocycles. The number of benzene rings is 2. The predicted octanol–water partition coefficient (Wildman–Crippen LogP) is 2.71. The molecule has 0 spiro atoms. The van der Waals surface area contributed by atoms with Crippen molar-refractivity contribution in [1.29, 1.82) is 0 Å². The van der Waals surface area contributed by atoms with Crippen LogP contribution in [0.1, 0.15) is 6.42 Å². The van der Waals surface area contributed by atoms with Crippen LogP contribution < -0.4 is 9.47 Å². The average molecular weight is 522 g/mol. The second kappa shape index (κ2) is 14.2. The van der Waals surface area contributed by atoms with Crippen LogP contribution in [0, 0.1) is 20.2 Å². The smallest absolute Gasteiger partial charge is 0.462 e. The van der Waals surface area contributed by atoms with Crippen molar-refractivity contribution in [3.63, 3.8) is 0 Å². The topological polar surface area (TPSA) is 210 Å². The van der Waals surface area contributed by atoms with Gasteiger partial charge in [0.05, 0.1) is 9.85 Å². The zero-order valence-corrected chi connectivity index (χ0v) is 18.8. The van der Waals surface area contributed by atoms with Gasteiger partial charge in [0.1, 0.15) is 44.3 Å². The second-order valence-corrected chi connectivity index (χ2v) is 6.52. The minimum atomic E-state index is -1.14. The Labute approximate surface area is 206 Å². The Hall–Kier alpha value is -5.28. The highest BCUT2D eigenvalue weighted by atomic mass is 16.7. The van der Waals surface area contributed by atoms with Crippen LogP contribution in [-0.4, -0.2) is 60.5 Å². The summed E-state index contributed by atoms with van der Waals surface area (Å²) in [5.74, 6) is -1.95. The molecule has 0 bridgehead atoms. The van der Waals surface area contributed by atoms with E-state index < -0.39 is 53.7 Å². The second-order valence-electron chi connectivity index (χ2n) is 6.52. The first-order valence-electron chi connectivity index (χ1n) is 10.1. The molecule has 0 unspecified atom stereocenters. The molecule has 16 heteroatoms. The Morgan fingerprint density at radius 1 is 0.568 bits per heavy atom. The lowest BCUT2D eigenvalue weighted by molar-refractivity contribution is -0.385. The van der Waals surface area contributed by atoms with Gasteiger partial charge in [-0.15, -0.1) is 0 Å². The molecule has 0 N–H and O–H groups in total. The standard InChI is InChI=1S/C21H18N2O14/c24-18(32-9-11-34-20(26)36-16-5-1-14(2-6-16)22(28)29)13-19(25)33-10-12-35-21(27)37-17-7-3-15(4-8-17)23(30)31/h1-8H,9-13H2. The SMILES string of the molecule is O=C(CC(=O)OCCOC(=O)Oc1ccc([N+](=O)[O-])cc1)OCCOC(=O)Oc1ccc([N+](=O)[O-])cc1. The quantitative estimate of drug-likeness (QED) is 0.0746. The molecule has 0 saturated heterocycles. The normalized spacial score (nSPS) is 9.95. The summed E-state index contributed by atoms with van der Waals surface area (Å²) in [6.45, 7) is -1.56. The molecular formula is C21H18N2O14. The van der Waals surface area contributed by atoms with Crippen LogP contribution in [0.3, 0.4) is 0 Å². The zero-order valence-electron chi connectivity index (χ0n) is 18.8. The molecule has 0 amide bonds. The van der Waals surface area contributed by atoms with Gasteiger partial charge in [0.15, 0.2) is 0 Å². The number of non-ortho nitro benzene ring substituents is 2. The Morgan fingerprint density at radius 2 is 0.892 bits per heavy atom.